The number of fused-ring (bicyclic) bond motifs is 2. The van der Waals surface area contributed by atoms with E-state index < -0.39 is 35.2 Å². The fourth-order valence-corrected chi connectivity index (χ4v) is 5.88. The molecule has 0 aliphatic rings. The molecule has 0 aliphatic carbocycles. The van der Waals surface area contributed by atoms with Gasteiger partial charge in [-0.05, 0) is 60.0 Å². The van der Waals surface area contributed by atoms with E-state index >= 15 is 0 Å². The molecule has 1 amide bonds. The van der Waals surface area contributed by atoms with Gasteiger partial charge in [-0.3, -0.25) is 14.6 Å². The fourth-order valence-electron chi connectivity index (χ4n) is 5.31. The van der Waals surface area contributed by atoms with Crippen molar-refractivity contribution in [1.29, 1.82) is 0 Å². The Morgan fingerprint density at radius 1 is 1.02 bits per heavy atom. The average molecular weight is 642 g/mol. The molecule has 0 spiro atoms. The number of rotatable bonds is 6. The van der Waals surface area contributed by atoms with E-state index in [0.717, 1.165) is 12.1 Å². The topological polar surface area (TPSA) is 90.3 Å². The van der Waals surface area contributed by atoms with Crippen LogP contribution < -0.4 is 10.9 Å². The standard InChI is InChI=1S/C32H24Cl2F3N3O4/c1-16-21-15-18(32(35,36)37)10-12-25(21)40(2)30(42)26(16)19-11-9-17(28-20(19)6-5-13-38-28)14-24(31(43)44-3)39-29(41)27-22(33)7-4-8-23(27)34/h4-13,15,24H,14H2,1-3H3,(H,39,41)/t24-/m0/s1. The van der Waals surface area contributed by atoms with Crippen LogP contribution in [0.4, 0.5) is 13.2 Å². The highest BCUT2D eigenvalue weighted by molar-refractivity contribution is 6.39. The van der Waals surface area contributed by atoms with E-state index in [4.69, 9.17) is 27.9 Å². The second-order valence-electron chi connectivity index (χ2n) is 10.1. The van der Waals surface area contributed by atoms with E-state index in [0.29, 0.717) is 33.1 Å². The van der Waals surface area contributed by atoms with Gasteiger partial charge >= 0.3 is 12.1 Å². The number of nitrogens with zero attached hydrogens (tertiary/aromatic N) is 2. The Hall–Kier alpha value is -4.41. The van der Waals surface area contributed by atoms with Crippen LogP contribution in [0.5, 0.6) is 0 Å². The second kappa shape index (κ2) is 11.9. The third-order valence-corrected chi connectivity index (χ3v) is 8.14. The Kier molecular flexibility index (Phi) is 8.42. The van der Waals surface area contributed by atoms with Crippen LogP contribution in [0.25, 0.3) is 32.9 Å². The molecule has 0 aliphatic heterocycles. The van der Waals surface area contributed by atoms with Crippen molar-refractivity contribution in [3.05, 3.63) is 110 Å². The molecule has 12 heteroatoms. The van der Waals surface area contributed by atoms with Crippen LogP contribution >= 0.6 is 23.2 Å². The molecule has 0 radical (unpaired) electrons. The third kappa shape index (κ3) is 5.62. The van der Waals surface area contributed by atoms with E-state index in [1.165, 1.54) is 43.1 Å². The summed E-state index contributed by atoms with van der Waals surface area (Å²) in [5.41, 5.74) is 1.15. The summed E-state index contributed by atoms with van der Waals surface area (Å²) in [4.78, 5) is 44.0. The number of amides is 1. The summed E-state index contributed by atoms with van der Waals surface area (Å²) < 4.78 is 46.9. The maximum absolute atomic E-state index is 13.6. The molecule has 1 atom stereocenters. The summed E-state index contributed by atoms with van der Waals surface area (Å²) in [6.07, 6.45) is -3.07. The van der Waals surface area contributed by atoms with Gasteiger partial charge in [-0.15, -0.1) is 0 Å². The summed E-state index contributed by atoms with van der Waals surface area (Å²) >= 11 is 12.4. The zero-order valence-corrected chi connectivity index (χ0v) is 25.1. The van der Waals surface area contributed by atoms with Crippen LogP contribution in [0.1, 0.15) is 27.0 Å². The molecule has 3 aromatic carbocycles. The number of nitrogens with one attached hydrogen (secondary N) is 1. The minimum Gasteiger partial charge on any atom is -0.467 e. The van der Waals surface area contributed by atoms with Crippen molar-refractivity contribution in [2.75, 3.05) is 7.11 Å². The predicted octanol–water partition coefficient (Wildman–Crippen LogP) is 6.90. The van der Waals surface area contributed by atoms with Gasteiger partial charge in [-0.2, -0.15) is 13.2 Å². The largest absolute Gasteiger partial charge is 0.467 e. The van der Waals surface area contributed by atoms with Gasteiger partial charge in [0.05, 0.1) is 44.9 Å². The van der Waals surface area contributed by atoms with E-state index in [1.54, 1.807) is 37.3 Å². The van der Waals surface area contributed by atoms with E-state index in [-0.39, 0.29) is 33.0 Å². The molecule has 0 bridgehead atoms. The molecule has 2 aromatic heterocycles. The Bertz CT molecular complexity index is 2010. The molecule has 0 fully saturated rings. The van der Waals surface area contributed by atoms with Crippen molar-refractivity contribution in [1.82, 2.24) is 14.9 Å². The fraction of sp³-hybridized carbons (Fsp3) is 0.188. The molecule has 5 aromatic rings. The van der Waals surface area contributed by atoms with Crippen LogP contribution in [-0.4, -0.2) is 34.6 Å². The Morgan fingerprint density at radius 3 is 2.39 bits per heavy atom. The normalized spacial score (nSPS) is 12.4. The molecular weight excluding hydrogens is 618 g/mol. The Morgan fingerprint density at radius 2 is 1.73 bits per heavy atom. The lowest BCUT2D eigenvalue weighted by Gasteiger charge is -2.20. The van der Waals surface area contributed by atoms with Gasteiger partial charge in [0.15, 0.2) is 0 Å². The minimum atomic E-state index is -4.56. The molecule has 7 nitrogen and oxygen atoms in total. The number of carbonyl (C=O) groups excluding carboxylic acids is 2. The van der Waals surface area contributed by atoms with Crippen LogP contribution in [0.3, 0.4) is 0 Å². The lowest BCUT2D eigenvalue weighted by molar-refractivity contribution is -0.142. The van der Waals surface area contributed by atoms with Gasteiger partial charge in [-0.25, -0.2) is 4.79 Å². The lowest BCUT2D eigenvalue weighted by Crippen LogP contribution is -2.43. The van der Waals surface area contributed by atoms with Crippen molar-refractivity contribution < 1.29 is 27.5 Å². The number of esters is 1. The summed E-state index contributed by atoms with van der Waals surface area (Å²) in [6, 6.07) is 13.4. The number of hydrogen-bond donors (Lipinski definition) is 1. The van der Waals surface area contributed by atoms with Crippen LogP contribution in [-0.2, 0) is 29.2 Å². The second-order valence-corrected chi connectivity index (χ2v) is 10.9. The number of ether oxygens (including phenoxy) is 1. The number of aromatic nitrogens is 2. The molecular formula is C32H24Cl2F3N3O4. The first-order valence-electron chi connectivity index (χ1n) is 13.2. The van der Waals surface area contributed by atoms with Crippen LogP contribution in [0.15, 0.2) is 71.7 Å². The van der Waals surface area contributed by atoms with Gasteiger partial charge in [0.2, 0.25) is 0 Å². The van der Waals surface area contributed by atoms with Crippen molar-refractivity contribution >= 4 is 56.9 Å². The molecule has 0 saturated carbocycles. The van der Waals surface area contributed by atoms with Gasteiger partial charge in [0.1, 0.15) is 6.04 Å². The predicted molar refractivity (Wildman–Crippen MR) is 163 cm³/mol. The van der Waals surface area contributed by atoms with Crippen molar-refractivity contribution in [3.63, 3.8) is 0 Å². The van der Waals surface area contributed by atoms with Gasteiger partial charge < -0.3 is 14.6 Å². The molecule has 2 heterocycles. The van der Waals surface area contributed by atoms with Gasteiger partial charge in [-0.1, -0.05) is 47.5 Å². The number of halogens is 5. The first kappa shape index (κ1) is 31.0. The van der Waals surface area contributed by atoms with Gasteiger partial charge in [0.25, 0.3) is 11.5 Å². The van der Waals surface area contributed by atoms with Crippen LogP contribution in [0.2, 0.25) is 10.0 Å². The van der Waals surface area contributed by atoms with E-state index in [1.807, 2.05) is 0 Å². The number of alkyl halides is 3. The molecule has 5 rings (SSSR count). The minimum absolute atomic E-state index is 0.000581. The maximum atomic E-state index is 13.6. The van der Waals surface area contributed by atoms with Crippen molar-refractivity contribution in [3.8, 4) is 11.1 Å². The number of hydrogen-bond acceptors (Lipinski definition) is 5. The Balaban J connectivity index is 1.62. The summed E-state index contributed by atoms with van der Waals surface area (Å²) in [5, 5.41) is 3.65. The summed E-state index contributed by atoms with van der Waals surface area (Å²) in [7, 11) is 2.69. The summed E-state index contributed by atoms with van der Waals surface area (Å²) in [6.45, 7) is 1.61. The highest BCUT2D eigenvalue weighted by Crippen LogP contribution is 2.36. The zero-order chi connectivity index (χ0) is 31.9. The number of aryl methyl sites for hydroxylation is 2. The first-order valence-corrected chi connectivity index (χ1v) is 14.0. The molecule has 0 unspecified atom stereocenters. The molecule has 0 saturated heterocycles. The zero-order valence-electron chi connectivity index (χ0n) is 23.6. The number of pyridine rings is 2. The SMILES string of the molecule is COC(=O)[C@H](Cc1ccc(-c2c(C)c3cc(C(F)(F)F)ccc3n(C)c2=O)c2cccnc12)NC(=O)c1c(Cl)cccc1Cl. The summed E-state index contributed by atoms with van der Waals surface area (Å²) in [5.74, 6) is -1.41. The highest BCUT2D eigenvalue weighted by Gasteiger charge is 2.31. The molecule has 44 heavy (non-hydrogen) atoms. The number of benzene rings is 3. The average Bonchev–Trinajstić information content (AvgIpc) is 2.99. The maximum Gasteiger partial charge on any atom is 0.416 e. The number of methoxy groups -OCH3 is 1. The Labute approximate surface area is 259 Å². The number of carbonyl (C=O) groups is 2. The van der Waals surface area contributed by atoms with E-state index in [9.17, 15) is 27.6 Å². The first-order chi connectivity index (χ1) is 20.8. The third-order valence-electron chi connectivity index (χ3n) is 7.51. The van der Waals surface area contributed by atoms with Gasteiger partial charge in [0, 0.05) is 30.4 Å². The van der Waals surface area contributed by atoms with Crippen molar-refractivity contribution in [2.45, 2.75) is 25.6 Å². The van der Waals surface area contributed by atoms with Crippen molar-refractivity contribution in [2.24, 2.45) is 7.05 Å². The monoisotopic (exact) mass is 641 g/mol. The van der Waals surface area contributed by atoms with E-state index in [2.05, 4.69) is 10.3 Å². The molecule has 226 valence electrons. The molecule has 1 N–H and O–H groups in total. The van der Waals surface area contributed by atoms with Crippen LogP contribution in [0, 0.1) is 6.92 Å². The quantitative estimate of drug-likeness (QED) is 0.204. The smallest absolute Gasteiger partial charge is 0.416 e. The lowest BCUT2D eigenvalue weighted by atomic mass is 9.92. The highest BCUT2D eigenvalue weighted by atomic mass is 35.5.